The number of nitrogens with zero attached hydrogens (tertiary/aromatic N) is 2. The lowest BCUT2D eigenvalue weighted by Gasteiger charge is -2.28. The van der Waals surface area contributed by atoms with Crippen molar-refractivity contribution < 1.29 is 9.53 Å². The predicted octanol–water partition coefficient (Wildman–Crippen LogP) is 2.56. The van der Waals surface area contributed by atoms with Gasteiger partial charge >= 0.3 is 6.09 Å². The molecule has 1 N–H and O–H groups in total. The van der Waals surface area contributed by atoms with Gasteiger partial charge in [0.2, 0.25) is 0 Å². The zero-order chi connectivity index (χ0) is 16.9. The van der Waals surface area contributed by atoms with Crippen LogP contribution in [-0.2, 0) is 4.74 Å². The molecule has 1 amide bonds. The van der Waals surface area contributed by atoms with Gasteiger partial charge in [-0.15, -0.1) is 0 Å². The Morgan fingerprint density at radius 3 is 2.50 bits per heavy atom. The molecule has 1 saturated heterocycles. The molecule has 130 valence electrons. The monoisotopic (exact) mass is 313 g/mol. The summed E-state index contributed by atoms with van der Waals surface area (Å²) in [6, 6.07) is 0.915. The third kappa shape index (κ3) is 6.97. The van der Waals surface area contributed by atoms with Gasteiger partial charge in [0.25, 0.3) is 0 Å². The summed E-state index contributed by atoms with van der Waals surface area (Å²) in [5.41, 5.74) is -0.421. The van der Waals surface area contributed by atoms with Gasteiger partial charge in [-0.3, -0.25) is 0 Å². The molecule has 1 aliphatic heterocycles. The summed E-state index contributed by atoms with van der Waals surface area (Å²) in [5, 5.41) is 3.62. The summed E-state index contributed by atoms with van der Waals surface area (Å²) < 4.78 is 5.44. The van der Waals surface area contributed by atoms with E-state index in [4.69, 9.17) is 4.74 Å². The first-order chi connectivity index (χ1) is 10.1. The van der Waals surface area contributed by atoms with Gasteiger partial charge in [0.15, 0.2) is 0 Å². The number of hydrogen-bond acceptors (Lipinski definition) is 4. The fourth-order valence-corrected chi connectivity index (χ4v) is 2.74. The van der Waals surface area contributed by atoms with Crippen molar-refractivity contribution in [1.82, 2.24) is 15.1 Å². The van der Waals surface area contributed by atoms with Crippen LogP contribution in [0.1, 0.15) is 47.5 Å². The fraction of sp³-hybridized carbons (Fsp3) is 0.941. The van der Waals surface area contributed by atoms with Crippen molar-refractivity contribution in [1.29, 1.82) is 0 Å². The molecule has 0 saturated carbocycles. The quantitative estimate of drug-likeness (QED) is 0.818. The molecule has 1 rings (SSSR count). The van der Waals surface area contributed by atoms with Gasteiger partial charge in [0, 0.05) is 31.7 Å². The third-order valence-electron chi connectivity index (χ3n) is 3.96. The van der Waals surface area contributed by atoms with Crippen molar-refractivity contribution in [3.05, 3.63) is 0 Å². The van der Waals surface area contributed by atoms with Crippen LogP contribution in [0.2, 0.25) is 0 Å². The largest absolute Gasteiger partial charge is 0.444 e. The number of ether oxygens (including phenoxy) is 1. The summed E-state index contributed by atoms with van der Waals surface area (Å²) >= 11 is 0. The average molecular weight is 313 g/mol. The SMILES string of the molecule is CC(C)CC(CNC1CCN(C(=O)OC(C)(C)C)C1)N(C)C. The number of nitrogens with one attached hydrogen (secondary N) is 1. The molecule has 5 nitrogen and oxygen atoms in total. The molecule has 22 heavy (non-hydrogen) atoms. The molecule has 0 aromatic carbocycles. The topological polar surface area (TPSA) is 44.8 Å². The van der Waals surface area contributed by atoms with Crippen molar-refractivity contribution in [2.45, 2.75) is 65.1 Å². The van der Waals surface area contributed by atoms with E-state index in [9.17, 15) is 4.79 Å². The van der Waals surface area contributed by atoms with E-state index in [2.05, 4.69) is 38.2 Å². The van der Waals surface area contributed by atoms with E-state index < -0.39 is 5.60 Å². The van der Waals surface area contributed by atoms with E-state index >= 15 is 0 Å². The Morgan fingerprint density at radius 1 is 1.36 bits per heavy atom. The van der Waals surface area contributed by atoms with Crippen LogP contribution < -0.4 is 5.32 Å². The van der Waals surface area contributed by atoms with Crippen molar-refractivity contribution >= 4 is 6.09 Å². The van der Waals surface area contributed by atoms with Gasteiger partial charge in [0.1, 0.15) is 5.60 Å². The summed E-state index contributed by atoms with van der Waals surface area (Å²) in [5.74, 6) is 0.691. The predicted molar refractivity (Wildman–Crippen MR) is 91.1 cm³/mol. The van der Waals surface area contributed by atoms with Gasteiger partial charge in [0.05, 0.1) is 0 Å². The number of hydrogen-bond donors (Lipinski definition) is 1. The highest BCUT2D eigenvalue weighted by Gasteiger charge is 2.30. The van der Waals surface area contributed by atoms with Crippen molar-refractivity contribution in [3.63, 3.8) is 0 Å². The molecular formula is C17H35N3O2. The van der Waals surface area contributed by atoms with Crippen LogP contribution in [0.15, 0.2) is 0 Å². The third-order valence-corrected chi connectivity index (χ3v) is 3.96. The Labute approximate surface area is 136 Å². The van der Waals surface area contributed by atoms with E-state index in [1.807, 2.05) is 25.7 Å². The van der Waals surface area contributed by atoms with Gasteiger partial charge in [-0.25, -0.2) is 4.79 Å². The smallest absolute Gasteiger partial charge is 0.410 e. The highest BCUT2D eigenvalue weighted by Crippen LogP contribution is 2.16. The van der Waals surface area contributed by atoms with Crippen molar-refractivity contribution in [2.75, 3.05) is 33.7 Å². The molecule has 2 atom stereocenters. The molecule has 0 radical (unpaired) electrons. The Morgan fingerprint density at radius 2 is 2.00 bits per heavy atom. The van der Waals surface area contributed by atoms with E-state index in [0.717, 1.165) is 26.1 Å². The minimum atomic E-state index is -0.421. The van der Waals surface area contributed by atoms with Crippen LogP contribution in [0.25, 0.3) is 0 Å². The maximum absolute atomic E-state index is 12.1. The summed E-state index contributed by atoms with van der Waals surface area (Å²) in [4.78, 5) is 16.2. The van der Waals surface area contributed by atoms with E-state index in [1.165, 1.54) is 6.42 Å². The minimum absolute atomic E-state index is 0.192. The lowest BCUT2D eigenvalue weighted by Crippen LogP contribution is -2.44. The highest BCUT2D eigenvalue weighted by atomic mass is 16.6. The van der Waals surface area contributed by atoms with Gasteiger partial charge in [-0.05, 0) is 53.6 Å². The van der Waals surface area contributed by atoms with Crippen LogP contribution in [-0.4, -0.2) is 67.3 Å². The lowest BCUT2D eigenvalue weighted by molar-refractivity contribution is 0.0290. The van der Waals surface area contributed by atoms with Gasteiger partial charge < -0.3 is 19.9 Å². The van der Waals surface area contributed by atoms with E-state index in [-0.39, 0.29) is 6.09 Å². The second-order valence-electron chi connectivity index (χ2n) is 8.07. The van der Waals surface area contributed by atoms with Gasteiger partial charge in [-0.2, -0.15) is 0 Å². The molecule has 2 unspecified atom stereocenters. The first kappa shape index (κ1) is 19.2. The average Bonchev–Trinajstić information content (AvgIpc) is 2.80. The fourth-order valence-electron chi connectivity index (χ4n) is 2.74. The standard InChI is InChI=1S/C17H35N3O2/c1-13(2)10-15(19(6)7)11-18-14-8-9-20(12-14)16(21)22-17(3,4)5/h13-15,18H,8-12H2,1-7H3. The Balaban J connectivity index is 2.39. The molecule has 1 heterocycles. The maximum atomic E-state index is 12.1. The van der Waals surface area contributed by atoms with Crippen molar-refractivity contribution in [3.8, 4) is 0 Å². The van der Waals surface area contributed by atoms with E-state index in [1.54, 1.807) is 0 Å². The first-order valence-corrected chi connectivity index (χ1v) is 8.46. The van der Waals surface area contributed by atoms with Crippen LogP contribution in [0.5, 0.6) is 0 Å². The molecule has 0 aliphatic carbocycles. The van der Waals surface area contributed by atoms with Crippen LogP contribution in [0, 0.1) is 5.92 Å². The van der Waals surface area contributed by atoms with Crippen LogP contribution in [0.3, 0.4) is 0 Å². The summed E-state index contributed by atoms with van der Waals surface area (Å²) in [7, 11) is 4.27. The molecule has 0 aromatic heterocycles. The number of rotatable bonds is 6. The van der Waals surface area contributed by atoms with Crippen LogP contribution >= 0.6 is 0 Å². The number of carbonyl (C=O) groups is 1. The normalized spacial score (nSPS) is 20.8. The summed E-state index contributed by atoms with van der Waals surface area (Å²) in [6.45, 7) is 12.7. The number of carbonyl (C=O) groups excluding carboxylic acids is 1. The number of likely N-dealkylation sites (tertiary alicyclic amines) is 1. The molecular weight excluding hydrogens is 278 g/mol. The second kappa shape index (κ2) is 8.16. The van der Waals surface area contributed by atoms with Crippen LogP contribution in [0.4, 0.5) is 4.79 Å². The van der Waals surface area contributed by atoms with E-state index in [0.29, 0.717) is 18.0 Å². The molecule has 0 spiro atoms. The zero-order valence-electron chi connectivity index (χ0n) is 15.5. The Kier molecular flexibility index (Phi) is 7.13. The Hall–Kier alpha value is -0.810. The number of amides is 1. The maximum Gasteiger partial charge on any atom is 0.410 e. The molecule has 0 bridgehead atoms. The molecule has 5 heteroatoms. The number of likely N-dealkylation sites (N-methyl/N-ethyl adjacent to an activating group) is 1. The molecule has 0 aromatic rings. The van der Waals surface area contributed by atoms with Gasteiger partial charge in [-0.1, -0.05) is 13.8 Å². The highest BCUT2D eigenvalue weighted by molar-refractivity contribution is 5.68. The second-order valence-corrected chi connectivity index (χ2v) is 8.07. The summed E-state index contributed by atoms with van der Waals surface area (Å²) in [6.07, 6.45) is 1.99. The molecule has 1 aliphatic rings. The zero-order valence-corrected chi connectivity index (χ0v) is 15.5. The first-order valence-electron chi connectivity index (χ1n) is 8.46. The Bertz CT molecular complexity index is 350. The minimum Gasteiger partial charge on any atom is -0.444 e. The molecule has 1 fully saturated rings. The van der Waals surface area contributed by atoms with Crippen molar-refractivity contribution in [2.24, 2.45) is 5.92 Å². The lowest BCUT2D eigenvalue weighted by atomic mass is 10.0.